The van der Waals surface area contributed by atoms with E-state index in [0.717, 1.165) is 18.4 Å². The monoisotopic (exact) mass is 430 g/mol. The lowest BCUT2D eigenvalue weighted by molar-refractivity contribution is -0.115. The number of hydrogen-bond acceptors (Lipinski definition) is 3. The number of hydrogen-bond donors (Lipinski definition) is 2. The number of benzene rings is 3. The third kappa shape index (κ3) is 7.27. The van der Waals surface area contributed by atoms with Gasteiger partial charge in [0.05, 0.1) is 18.6 Å². The van der Waals surface area contributed by atoms with E-state index in [1.54, 1.807) is 30.3 Å². The SMILES string of the molecule is CCCCCCOc1ccccc1C(=O)Nc1cccc(NC(=O)Cc2ccccc2)c1. The molecule has 0 saturated carbocycles. The maximum absolute atomic E-state index is 12.9. The average Bonchev–Trinajstić information content (AvgIpc) is 2.80. The van der Waals surface area contributed by atoms with Crippen LogP contribution in [0, 0.1) is 0 Å². The topological polar surface area (TPSA) is 67.4 Å². The van der Waals surface area contributed by atoms with Crippen molar-refractivity contribution >= 4 is 23.2 Å². The zero-order valence-electron chi connectivity index (χ0n) is 18.5. The highest BCUT2D eigenvalue weighted by atomic mass is 16.5. The molecule has 5 heteroatoms. The van der Waals surface area contributed by atoms with Crippen LogP contribution in [-0.4, -0.2) is 18.4 Å². The van der Waals surface area contributed by atoms with Crippen LogP contribution < -0.4 is 15.4 Å². The molecule has 0 saturated heterocycles. The van der Waals surface area contributed by atoms with Crippen LogP contribution in [-0.2, 0) is 11.2 Å². The molecule has 0 aliphatic rings. The Morgan fingerprint density at radius 1 is 0.781 bits per heavy atom. The molecule has 2 amide bonds. The minimum absolute atomic E-state index is 0.110. The lowest BCUT2D eigenvalue weighted by atomic mass is 10.1. The molecule has 0 heterocycles. The molecule has 3 aromatic rings. The minimum Gasteiger partial charge on any atom is -0.493 e. The highest BCUT2D eigenvalue weighted by Gasteiger charge is 2.13. The number of anilines is 2. The average molecular weight is 431 g/mol. The van der Waals surface area contributed by atoms with Crippen LogP contribution in [0.2, 0.25) is 0 Å². The number of amides is 2. The van der Waals surface area contributed by atoms with E-state index in [4.69, 9.17) is 4.74 Å². The second kappa shape index (κ2) is 12.3. The van der Waals surface area contributed by atoms with E-state index in [-0.39, 0.29) is 11.8 Å². The first kappa shape index (κ1) is 23.1. The van der Waals surface area contributed by atoms with E-state index in [9.17, 15) is 9.59 Å². The van der Waals surface area contributed by atoms with Crippen molar-refractivity contribution in [2.75, 3.05) is 17.2 Å². The maximum atomic E-state index is 12.9. The number of carbonyl (C=O) groups excluding carboxylic acids is 2. The Kier molecular flexibility index (Phi) is 8.87. The summed E-state index contributed by atoms with van der Waals surface area (Å²) >= 11 is 0. The van der Waals surface area contributed by atoms with Gasteiger partial charge in [-0.1, -0.05) is 74.7 Å². The van der Waals surface area contributed by atoms with Crippen molar-refractivity contribution in [1.82, 2.24) is 0 Å². The summed E-state index contributed by atoms with van der Waals surface area (Å²) in [5, 5.41) is 5.79. The van der Waals surface area contributed by atoms with Crippen LogP contribution in [0.5, 0.6) is 5.75 Å². The molecule has 166 valence electrons. The lowest BCUT2D eigenvalue weighted by Crippen LogP contribution is -2.16. The number of para-hydroxylation sites is 1. The summed E-state index contributed by atoms with van der Waals surface area (Å²) in [4.78, 5) is 25.2. The number of unbranched alkanes of at least 4 members (excludes halogenated alkanes) is 3. The van der Waals surface area contributed by atoms with Gasteiger partial charge in [-0.3, -0.25) is 9.59 Å². The van der Waals surface area contributed by atoms with Gasteiger partial charge in [-0.15, -0.1) is 0 Å². The molecule has 32 heavy (non-hydrogen) atoms. The summed E-state index contributed by atoms with van der Waals surface area (Å²) in [7, 11) is 0. The molecule has 0 spiro atoms. The summed E-state index contributed by atoms with van der Waals surface area (Å²) in [6.07, 6.45) is 4.73. The Bertz CT molecular complexity index is 1020. The van der Waals surface area contributed by atoms with Gasteiger partial charge in [-0.2, -0.15) is 0 Å². The van der Waals surface area contributed by atoms with Gasteiger partial charge in [0.15, 0.2) is 0 Å². The number of ether oxygens (including phenoxy) is 1. The second-order valence-corrected chi connectivity index (χ2v) is 7.65. The largest absolute Gasteiger partial charge is 0.493 e. The molecule has 0 radical (unpaired) electrons. The molecule has 0 aromatic heterocycles. The van der Waals surface area contributed by atoms with Gasteiger partial charge in [-0.25, -0.2) is 0 Å². The fourth-order valence-corrected chi connectivity index (χ4v) is 3.35. The molecule has 0 atom stereocenters. The Morgan fingerprint density at radius 2 is 1.50 bits per heavy atom. The van der Waals surface area contributed by atoms with E-state index < -0.39 is 0 Å². The quantitative estimate of drug-likeness (QED) is 0.362. The smallest absolute Gasteiger partial charge is 0.259 e. The summed E-state index contributed by atoms with van der Waals surface area (Å²) in [5.41, 5.74) is 2.66. The molecule has 5 nitrogen and oxygen atoms in total. The van der Waals surface area contributed by atoms with Crippen molar-refractivity contribution in [3.05, 3.63) is 90.0 Å². The van der Waals surface area contributed by atoms with E-state index in [2.05, 4.69) is 17.6 Å². The minimum atomic E-state index is -0.248. The van der Waals surface area contributed by atoms with Gasteiger partial charge in [0, 0.05) is 11.4 Å². The van der Waals surface area contributed by atoms with Gasteiger partial charge in [0.25, 0.3) is 5.91 Å². The van der Waals surface area contributed by atoms with Gasteiger partial charge < -0.3 is 15.4 Å². The Balaban J connectivity index is 1.59. The molecule has 2 N–H and O–H groups in total. The van der Waals surface area contributed by atoms with Crippen LogP contribution in [0.3, 0.4) is 0 Å². The lowest BCUT2D eigenvalue weighted by Gasteiger charge is -2.12. The normalized spacial score (nSPS) is 10.4. The maximum Gasteiger partial charge on any atom is 0.259 e. The van der Waals surface area contributed by atoms with Gasteiger partial charge in [-0.05, 0) is 42.3 Å². The second-order valence-electron chi connectivity index (χ2n) is 7.65. The molecule has 0 fully saturated rings. The predicted octanol–water partition coefficient (Wildman–Crippen LogP) is 6.08. The van der Waals surface area contributed by atoms with Gasteiger partial charge in [0.2, 0.25) is 5.91 Å². The molecule has 0 unspecified atom stereocenters. The number of nitrogens with one attached hydrogen (secondary N) is 2. The highest BCUT2D eigenvalue weighted by molar-refractivity contribution is 6.06. The van der Waals surface area contributed by atoms with Crippen LogP contribution in [0.4, 0.5) is 11.4 Å². The van der Waals surface area contributed by atoms with Crippen molar-refractivity contribution in [3.63, 3.8) is 0 Å². The zero-order valence-corrected chi connectivity index (χ0v) is 18.5. The highest BCUT2D eigenvalue weighted by Crippen LogP contribution is 2.22. The van der Waals surface area contributed by atoms with Crippen LogP contribution in [0.25, 0.3) is 0 Å². The van der Waals surface area contributed by atoms with E-state index >= 15 is 0 Å². The summed E-state index contributed by atoms with van der Waals surface area (Å²) < 4.78 is 5.86. The number of carbonyl (C=O) groups is 2. The van der Waals surface area contributed by atoms with Crippen LogP contribution in [0.1, 0.15) is 48.5 Å². The van der Waals surface area contributed by atoms with Crippen LogP contribution in [0.15, 0.2) is 78.9 Å². The molecule has 3 aromatic carbocycles. The first-order valence-corrected chi connectivity index (χ1v) is 11.1. The third-order valence-corrected chi connectivity index (χ3v) is 5.00. The molecule has 0 aliphatic heterocycles. The Morgan fingerprint density at radius 3 is 2.28 bits per heavy atom. The van der Waals surface area contributed by atoms with Crippen molar-refractivity contribution in [2.24, 2.45) is 0 Å². The summed E-state index contributed by atoms with van der Waals surface area (Å²) in [6.45, 7) is 2.76. The predicted molar refractivity (Wildman–Crippen MR) is 129 cm³/mol. The van der Waals surface area contributed by atoms with E-state index in [1.807, 2.05) is 48.5 Å². The van der Waals surface area contributed by atoms with E-state index in [0.29, 0.717) is 35.7 Å². The van der Waals surface area contributed by atoms with Crippen molar-refractivity contribution < 1.29 is 14.3 Å². The number of rotatable bonds is 11. The first-order chi connectivity index (χ1) is 15.7. The third-order valence-electron chi connectivity index (χ3n) is 5.00. The molecular formula is C27H30N2O3. The van der Waals surface area contributed by atoms with E-state index in [1.165, 1.54) is 12.8 Å². The van der Waals surface area contributed by atoms with Crippen LogP contribution >= 0.6 is 0 Å². The fraction of sp³-hybridized carbons (Fsp3) is 0.259. The molecule has 3 rings (SSSR count). The van der Waals surface area contributed by atoms with Gasteiger partial charge in [0.1, 0.15) is 5.75 Å². The standard InChI is InChI=1S/C27H30N2O3/c1-2-3-4-10-18-32-25-17-9-8-16-24(25)27(31)29-23-15-11-14-22(20-23)28-26(30)19-21-12-6-5-7-13-21/h5-9,11-17,20H,2-4,10,18-19H2,1H3,(H,28,30)(H,29,31). The molecule has 0 bridgehead atoms. The van der Waals surface area contributed by atoms with Crippen molar-refractivity contribution in [3.8, 4) is 5.75 Å². The molecule has 0 aliphatic carbocycles. The molecular weight excluding hydrogens is 400 g/mol. The Labute approximate surface area is 189 Å². The van der Waals surface area contributed by atoms with Crippen molar-refractivity contribution in [2.45, 2.75) is 39.0 Å². The van der Waals surface area contributed by atoms with Crippen molar-refractivity contribution in [1.29, 1.82) is 0 Å². The first-order valence-electron chi connectivity index (χ1n) is 11.1. The summed E-state index contributed by atoms with van der Waals surface area (Å²) in [6, 6.07) is 23.9. The zero-order chi connectivity index (χ0) is 22.6. The Hall–Kier alpha value is -3.60. The fourth-order valence-electron chi connectivity index (χ4n) is 3.35. The van der Waals surface area contributed by atoms with Gasteiger partial charge >= 0.3 is 0 Å². The summed E-state index contributed by atoms with van der Waals surface area (Å²) in [5.74, 6) is 0.220.